The molecule has 0 aliphatic carbocycles. The van der Waals surface area contributed by atoms with Crippen molar-refractivity contribution in [3.05, 3.63) is 83.9 Å². The quantitative estimate of drug-likeness (QED) is 0.667. The zero-order chi connectivity index (χ0) is 14.4. The summed E-state index contributed by atoms with van der Waals surface area (Å²) in [5.41, 5.74) is 1.35. The minimum Gasteiger partial charge on any atom is -0.349 e. The standard InChI is InChI=1S/C17H15NO2/c1-2-12-18-17(20)15-11-7-6-10-14(15)16(19)13-8-4-3-5-9-13/h2-11H,1,12H2,(H,18,20). The minimum absolute atomic E-state index is 0.157. The maximum atomic E-state index is 12.4. The molecule has 1 N–H and O–H groups in total. The maximum absolute atomic E-state index is 12.4. The molecule has 0 fully saturated rings. The Hall–Kier alpha value is -2.68. The van der Waals surface area contributed by atoms with E-state index in [9.17, 15) is 9.59 Å². The normalized spacial score (nSPS) is 9.80. The second-order valence-electron chi connectivity index (χ2n) is 4.24. The van der Waals surface area contributed by atoms with Crippen LogP contribution in [0.1, 0.15) is 26.3 Å². The van der Waals surface area contributed by atoms with E-state index in [1.165, 1.54) is 0 Å². The van der Waals surface area contributed by atoms with E-state index in [1.807, 2.05) is 6.07 Å². The molecule has 2 rings (SSSR count). The second kappa shape index (κ2) is 6.48. The first-order chi connectivity index (χ1) is 9.74. The van der Waals surface area contributed by atoms with Gasteiger partial charge >= 0.3 is 0 Å². The van der Waals surface area contributed by atoms with Crippen molar-refractivity contribution >= 4 is 11.7 Å². The largest absolute Gasteiger partial charge is 0.349 e. The van der Waals surface area contributed by atoms with E-state index in [-0.39, 0.29) is 11.7 Å². The number of carbonyl (C=O) groups excluding carboxylic acids is 2. The molecule has 1 amide bonds. The molecule has 0 heterocycles. The van der Waals surface area contributed by atoms with E-state index in [0.29, 0.717) is 23.2 Å². The number of hydrogen-bond acceptors (Lipinski definition) is 2. The molecule has 0 spiro atoms. The Morgan fingerprint density at radius 2 is 1.55 bits per heavy atom. The van der Waals surface area contributed by atoms with E-state index >= 15 is 0 Å². The summed E-state index contributed by atoms with van der Waals surface area (Å²) in [5.74, 6) is -0.431. The highest BCUT2D eigenvalue weighted by molar-refractivity contribution is 6.15. The first-order valence-corrected chi connectivity index (χ1v) is 6.32. The van der Waals surface area contributed by atoms with Gasteiger partial charge in [-0.2, -0.15) is 0 Å². The van der Waals surface area contributed by atoms with Gasteiger partial charge in [-0.1, -0.05) is 54.6 Å². The monoisotopic (exact) mass is 265 g/mol. The lowest BCUT2D eigenvalue weighted by molar-refractivity contribution is 0.0946. The summed E-state index contributed by atoms with van der Waals surface area (Å²) in [4.78, 5) is 24.5. The second-order valence-corrected chi connectivity index (χ2v) is 4.24. The van der Waals surface area contributed by atoms with Crippen LogP contribution in [-0.2, 0) is 0 Å². The number of ketones is 1. The molecule has 0 bridgehead atoms. The van der Waals surface area contributed by atoms with Crippen LogP contribution >= 0.6 is 0 Å². The molecule has 0 saturated carbocycles. The zero-order valence-electron chi connectivity index (χ0n) is 11.0. The van der Waals surface area contributed by atoms with Crippen LogP contribution in [0.15, 0.2) is 67.3 Å². The van der Waals surface area contributed by atoms with Gasteiger partial charge in [0.05, 0.1) is 5.56 Å². The van der Waals surface area contributed by atoms with Crippen molar-refractivity contribution in [2.24, 2.45) is 0 Å². The summed E-state index contributed by atoms with van der Waals surface area (Å²) in [6.07, 6.45) is 1.60. The number of nitrogens with one attached hydrogen (secondary N) is 1. The predicted octanol–water partition coefficient (Wildman–Crippen LogP) is 2.83. The van der Waals surface area contributed by atoms with Crippen LogP contribution in [0, 0.1) is 0 Å². The third kappa shape index (κ3) is 3.01. The number of amides is 1. The van der Waals surface area contributed by atoms with Gasteiger partial charge in [0.15, 0.2) is 5.78 Å². The summed E-state index contributed by atoms with van der Waals surface area (Å²) in [6.45, 7) is 3.92. The SMILES string of the molecule is C=CCNC(=O)c1ccccc1C(=O)c1ccccc1. The van der Waals surface area contributed by atoms with Gasteiger partial charge in [0, 0.05) is 17.7 Å². The Morgan fingerprint density at radius 3 is 2.20 bits per heavy atom. The van der Waals surface area contributed by atoms with Gasteiger partial charge in [-0.25, -0.2) is 0 Å². The Bertz CT molecular complexity index is 632. The molecule has 0 aliphatic rings. The molecule has 100 valence electrons. The Morgan fingerprint density at radius 1 is 0.950 bits per heavy atom. The van der Waals surface area contributed by atoms with Crippen molar-refractivity contribution < 1.29 is 9.59 Å². The lowest BCUT2D eigenvalue weighted by Crippen LogP contribution is -2.25. The van der Waals surface area contributed by atoms with Crippen LogP contribution < -0.4 is 5.32 Å². The van der Waals surface area contributed by atoms with Crippen LogP contribution in [0.2, 0.25) is 0 Å². The van der Waals surface area contributed by atoms with Gasteiger partial charge in [-0.15, -0.1) is 6.58 Å². The van der Waals surface area contributed by atoms with Gasteiger partial charge < -0.3 is 5.32 Å². The molecule has 2 aromatic carbocycles. The van der Waals surface area contributed by atoms with Crippen molar-refractivity contribution in [2.45, 2.75) is 0 Å². The van der Waals surface area contributed by atoms with Gasteiger partial charge in [0.25, 0.3) is 5.91 Å². The van der Waals surface area contributed by atoms with E-state index < -0.39 is 0 Å². The molecular formula is C17H15NO2. The molecule has 0 aromatic heterocycles. The van der Waals surface area contributed by atoms with Crippen molar-refractivity contribution in [3.8, 4) is 0 Å². The van der Waals surface area contributed by atoms with Gasteiger partial charge in [0.2, 0.25) is 0 Å². The third-order valence-electron chi connectivity index (χ3n) is 2.86. The first kappa shape index (κ1) is 13.7. The Labute approximate surface area is 117 Å². The molecular weight excluding hydrogens is 250 g/mol. The zero-order valence-corrected chi connectivity index (χ0v) is 11.0. The molecule has 0 radical (unpaired) electrons. The van der Waals surface area contributed by atoms with Crippen molar-refractivity contribution in [2.75, 3.05) is 6.54 Å². The first-order valence-electron chi connectivity index (χ1n) is 6.32. The molecule has 0 unspecified atom stereocenters. The highest BCUT2D eigenvalue weighted by Crippen LogP contribution is 2.14. The van der Waals surface area contributed by atoms with E-state index in [4.69, 9.17) is 0 Å². The fraction of sp³-hybridized carbons (Fsp3) is 0.0588. The molecule has 3 heteroatoms. The molecule has 3 nitrogen and oxygen atoms in total. The van der Waals surface area contributed by atoms with Crippen LogP contribution in [0.5, 0.6) is 0 Å². The molecule has 20 heavy (non-hydrogen) atoms. The number of hydrogen-bond donors (Lipinski definition) is 1. The van der Waals surface area contributed by atoms with Crippen LogP contribution in [-0.4, -0.2) is 18.2 Å². The van der Waals surface area contributed by atoms with Crippen molar-refractivity contribution in [3.63, 3.8) is 0 Å². The number of rotatable bonds is 5. The summed E-state index contributed by atoms with van der Waals surface area (Å²) < 4.78 is 0. The van der Waals surface area contributed by atoms with Crippen LogP contribution in [0.25, 0.3) is 0 Å². The lowest BCUT2D eigenvalue weighted by Gasteiger charge is -2.08. The molecule has 0 saturated heterocycles. The lowest BCUT2D eigenvalue weighted by atomic mass is 9.98. The van der Waals surface area contributed by atoms with Crippen molar-refractivity contribution in [1.29, 1.82) is 0 Å². The topological polar surface area (TPSA) is 46.2 Å². The fourth-order valence-electron chi connectivity index (χ4n) is 1.88. The fourth-order valence-corrected chi connectivity index (χ4v) is 1.88. The molecule has 2 aromatic rings. The predicted molar refractivity (Wildman–Crippen MR) is 78.8 cm³/mol. The maximum Gasteiger partial charge on any atom is 0.252 e. The van der Waals surface area contributed by atoms with Crippen molar-refractivity contribution in [1.82, 2.24) is 5.32 Å². The summed E-state index contributed by atoms with van der Waals surface area (Å²) in [7, 11) is 0. The minimum atomic E-state index is -0.273. The summed E-state index contributed by atoms with van der Waals surface area (Å²) >= 11 is 0. The van der Waals surface area contributed by atoms with Crippen LogP contribution in [0.3, 0.4) is 0 Å². The molecule has 0 aliphatic heterocycles. The average molecular weight is 265 g/mol. The average Bonchev–Trinajstić information content (AvgIpc) is 2.52. The third-order valence-corrected chi connectivity index (χ3v) is 2.86. The Kier molecular flexibility index (Phi) is 4.45. The number of carbonyl (C=O) groups is 2. The smallest absolute Gasteiger partial charge is 0.252 e. The van der Waals surface area contributed by atoms with Gasteiger partial charge in [-0.05, 0) is 6.07 Å². The van der Waals surface area contributed by atoms with E-state index in [1.54, 1.807) is 54.6 Å². The highest BCUT2D eigenvalue weighted by Gasteiger charge is 2.17. The number of benzene rings is 2. The van der Waals surface area contributed by atoms with Gasteiger partial charge in [-0.3, -0.25) is 9.59 Å². The highest BCUT2D eigenvalue weighted by atomic mass is 16.2. The van der Waals surface area contributed by atoms with E-state index in [2.05, 4.69) is 11.9 Å². The molecule has 0 atom stereocenters. The summed E-state index contributed by atoms with van der Waals surface area (Å²) in [5, 5.41) is 2.69. The van der Waals surface area contributed by atoms with E-state index in [0.717, 1.165) is 0 Å². The summed E-state index contributed by atoms with van der Waals surface area (Å²) in [6, 6.07) is 15.7. The van der Waals surface area contributed by atoms with Crippen LogP contribution in [0.4, 0.5) is 0 Å². The van der Waals surface area contributed by atoms with Gasteiger partial charge in [0.1, 0.15) is 0 Å². The Balaban J connectivity index is 2.35.